The van der Waals surface area contributed by atoms with Crippen molar-refractivity contribution in [1.82, 2.24) is 19.5 Å². The van der Waals surface area contributed by atoms with E-state index in [1.165, 1.54) is 6.33 Å². The Morgan fingerprint density at radius 1 is 1.58 bits per heavy atom. The molecule has 3 rings (SSSR count). The summed E-state index contributed by atoms with van der Waals surface area (Å²) in [6.45, 7) is 0.267. The number of nitrogens with one attached hydrogen (secondary N) is 1. The lowest BCUT2D eigenvalue weighted by Gasteiger charge is -2.10. The summed E-state index contributed by atoms with van der Waals surface area (Å²) in [5.41, 5.74) is 5.67. The van der Waals surface area contributed by atoms with Gasteiger partial charge in [-0.1, -0.05) is 0 Å². The van der Waals surface area contributed by atoms with E-state index in [1.54, 1.807) is 4.57 Å². The van der Waals surface area contributed by atoms with Gasteiger partial charge in [0.25, 0.3) is 5.56 Å². The molecule has 1 aliphatic heterocycles. The Kier molecular flexibility index (Phi) is 3.79. The Labute approximate surface area is 107 Å². The quantitative estimate of drug-likeness (QED) is 0.498. The van der Waals surface area contributed by atoms with E-state index < -0.39 is 6.10 Å². The summed E-state index contributed by atoms with van der Waals surface area (Å²) in [7, 11) is 1.00. The summed E-state index contributed by atoms with van der Waals surface area (Å²) in [4.78, 5) is 21.9. The number of aliphatic hydroxyl groups is 2. The minimum Gasteiger partial charge on any atom is -0.400 e. The normalized spacial score (nSPS) is 22.3. The van der Waals surface area contributed by atoms with E-state index in [9.17, 15) is 9.90 Å². The molecule has 1 saturated heterocycles. The summed E-state index contributed by atoms with van der Waals surface area (Å²) < 4.78 is 6.99. The molecule has 2 aromatic heterocycles. The second-order valence-corrected chi connectivity index (χ2v) is 3.95. The summed E-state index contributed by atoms with van der Waals surface area (Å²) in [6, 6.07) is 0. The molecule has 9 heteroatoms. The maximum absolute atomic E-state index is 11.6. The van der Waals surface area contributed by atoms with Crippen molar-refractivity contribution in [2.24, 2.45) is 0 Å². The fraction of sp³-hybridized carbons (Fsp3) is 0.500. The van der Waals surface area contributed by atoms with Crippen LogP contribution in [0.4, 0.5) is 5.95 Å². The van der Waals surface area contributed by atoms with Crippen molar-refractivity contribution in [3.8, 4) is 0 Å². The molecule has 3 heterocycles. The molecule has 0 spiro atoms. The zero-order valence-electron chi connectivity index (χ0n) is 10.3. The number of nitrogens with two attached hydrogens (primary N) is 1. The van der Waals surface area contributed by atoms with Crippen LogP contribution in [0.1, 0.15) is 12.6 Å². The number of nitrogens with zero attached hydrogens (tertiary/aromatic N) is 3. The lowest BCUT2D eigenvalue weighted by Crippen LogP contribution is -2.14. The predicted molar refractivity (Wildman–Crippen MR) is 66.3 cm³/mol. The molecule has 5 N–H and O–H groups in total. The van der Waals surface area contributed by atoms with E-state index in [1.807, 2.05) is 0 Å². The third-order valence-electron chi connectivity index (χ3n) is 2.72. The molecule has 0 aliphatic carbocycles. The topological polar surface area (TPSA) is 139 Å². The Morgan fingerprint density at radius 2 is 2.32 bits per heavy atom. The average molecular weight is 269 g/mol. The first-order valence-corrected chi connectivity index (χ1v) is 5.62. The number of fused-ring (bicyclic) bond motifs is 1. The standard InChI is InChI=1S/C9H11N5O3.CH4O/c10-9-12-7-6(8(16)13-9)11-3-14(7)5-1-4(15)2-17-5;1-2/h3-5,15H,1-2H2,(H3,10,12,13,16);2H,1H3. The number of rotatable bonds is 1. The number of aromatic nitrogens is 4. The number of ether oxygens (including phenoxy) is 1. The SMILES string of the molecule is CO.Nc1nc2c(ncn2C2CC(O)CO2)c(=O)[nH]1. The van der Waals surface area contributed by atoms with Gasteiger partial charge >= 0.3 is 0 Å². The largest absolute Gasteiger partial charge is 0.400 e. The first kappa shape index (κ1) is 13.5. The third kappa shape index (κ3) is 2.43. The maximum atomic E-state index is 11.6. The molecule has 1 fully saturated rings. The smallest absolute Gasteiger partial charge is 0.280 e. The third-order valence-corrected chi connectivity index (χ3v) is 2.72. The summed E-state index contributed by atoms with van der Waals surface area (Å²) >= 11 is 0. The number of hydrogen-bond donors (Lipinski definition) is 4. The van der Waals surface area contributed by atoms with Crippen molar-refractivity contribution in [3.05, 3.63) is 16.7 Å². The van der Waals surface area contributed by atoms with Gasteiger partial charge in [0, 0.05) is 13.5 Å². The molecule has 2 aromatic rings. The Bertz CT molecular complexity index is 622. The van der Waals surface area contributed by atoms with Gasteiger partial charge < -0.3 is 20.7 Å². The van der Waals surface area contributed by atoms with Crippen LogP contribution < -0.4 is 11.3 Å². The zero-order chi connectivity index (χ0) is 14.0. The van der Waals surface area contributed by atoms with Crippen molar-refractivity contribution < 1.29 is 14.9 Å². The molecule has 19 heavy (non-hydrogen) atoms. The fourth-order valence-corrected chi connectivity index (χ4v) is 1.94. The Balaban J connectivity index is 0.000000637. The van der Waals surface area contributed by atoms with Gasteiger partial charge in [-0.05, 0) is 0 Å². The predicted octanol–water partition coefficient (Wildman–Crippen LogP) is -1.41. The molecular weight excluding hydrogens is 254 g/mol. The molecular formula is C10H15N5O4. The molecule has 9 nitrogen and oxygen atoms in total. The van der Waals surface area contributed by atoms with E-state index >= 15 is 0 Å². The van der Waals surface area contributed by atoms with Gasteiger partial charge in [-0.3, -0.25) is 14.3 Å². The van der Waals surface area contributed by atoms with Gasteiger partial charge in [0.15, 0.2) is 11.2 Å². The average Bonchev–Trinajstić information content (AvgIpc) is 2.97. The molecule has 0 amide bonds. The molecule has 1 aliphatic rings. The van der Waals surface area contributed by atoms with E-state index in [2.05, 4.69) is 15.0 Å². The van der Waals surface area contributed by atoms with Crippen LogP contribution in [-0.2, 0) is 4.74 Å². The van der Waals surface area contributed by atoms with Crippen LogP contribution in [0.2, 0.25) is 0 Å². The molecule has 2 atom stereocenters. The second kappa shape index (κ2) is 5.34. The van der Waals surface area contributed by atoms with Gasteiger partial charge in [0.1, 0.15) is 6.23 Å². The van der Waals surface area contributed by atoms with Crippen LogP contribution in [0.5, 0.6) is 0 Å². The molecule has 0 saturated carbocycles. The van der Waals surface area contributed by atoms with Crippen LogP contribution in [0.3, 0.4) is 0 Å². The van der Waals surface area contributed by atoms with Crippen molar-refractivity contribution in [1.29, 1.82) is 0 Å². The van der Waals surface area contributed by atoms with Crippen molar-refractivity contribution in [3.63, 3.8) is 0 Å². The number of nitrogen functional groups attached to an aromatic ring is 1. The van der Waals surface area contributed by atoms with Gasteiger partial charge in [0.2, 0.25) is 5.95 Å². The highest BCUT2D eigenvalue weighted by Gasteiger charge is 2.27. The van der Waals surface area contributed by atoms with Gasteiger partial charge in [-0.25, -0.2) is 4.98 Å². The number of aliphatic hydroxyl groups excluding tert-OH is 2. The van der Waals surface area contributed by atoms with Crippen molar-refractivity contribution in [2.75, 3.05) is 19.5 Å². The molecule has 0 aromatic carbocycles. The van der Waals surface area contributed by atoms with Gasteiger partial charge in [-0.15, -0.1) is 0 Å². The molecule has 104 valence electrons. The molecule has 0 radical (unpaired) electrons. The van der Waals surface area contributed by atoms with Crippen LogP contribution in [0.15, 0.2) is 11.1 Å². The van der Waals surface area contributed by atoms with E-state index in [4.69, 9.17) is 15.6 Å². The highest BCUT2D eigenvalue weighted by molar-refractivity contribution is 5.70. The first-order valence-electron chi connectivity index (χ1n) is 5.62. The minimum atomic E-state index is -0.503. The first-order chi connectivity index (χ1) is 9.15. The highest BCUT2D eigenvalue weighted by Crippen LogP contribution is 2.25. The molecule has 0 bridgehead atoms. The lowest BCUT2D eigenvalue weighted by molar-refractivity contribution is 0.0502. The van der Waals surface area contributed by atoms with Crippen LogP contribution >= 0.6 is 0 Å². The Morgan fingerprint density at radius 3 is 2.95 bits per heavy atom. The zero-order valence-corrected chi connectivity index (χ0v) is 10.3. The van der Waals surface area contributed by atoms with Crippen LogP contribution in [-0.4, -0.2) is 49.6 Å². The molecule has 2 unspecified atom stereocenters. The van der Waals surface area contributed by atoms with Gasteiger partial charge in [-0.2, -0.15) is 4.98 Å². The second-order valence-electron chi connectivity index (χ2n) is 3.95. The maximum Gasteiger partial charge on any atom is 0.280 e. The number of H-pyrrole nitrogens is 1. The number of imidazole rings is 1. The fourth-order valence-electron chi connectivity index (χ4n) is 1.94. The van der Waals surface area contributed by atoms with E-state index in [-0.39, 0.29) is 29.9 Å². The van der Waals surface area contributed by atoms with Crippen molar-refractivity contribution in [2.45, 2.75) is 18.8 Å². The summed E-state index contributed by atoms with van der Waals surface area (Å²) in [5, 5.41) is 16.4. The van der Waals surface area contributed by atoms with E-state index in [0.717, 1.165) is 7.11 Å². The number of aromatic amines is 1. The number of hydrogen-bond acceptors (Lipinski definition) is 7. The van der Waals surface area contributed by atoms with Gasteiger partial charge in [0.05, 0.1) is 19.0 Å². The monoisotopic (exact) mass is 269 g/mol. The number of anilines is 1. The minimum absolute atomic E-state index is 0.0304. The van der Waals surface area contributed by atoms with Crippen molar-refractivity contribution >= 4 is 17.1 Å². The van der Waals surface area contributed by atoms with Crippen LogP contribution in [0.25, 0.3) is 11.2 Å². The van der Waals surface area contributed by atoms with Crippen LogP contribution in [0, 0.1) is 0 Å². The van der Waals surface area contributed by atoms with E-state index in [0.29, 0.717) is 12.1 Å². The summed E-state index contributed by atoms with van der Waals surface area (Å²) in [6.07, 6.45) is 1.05. The summed E-state index contributed by atoms with van der Waals surface area (Å²) in [5.74, 6) is 0.0304. The Hall–Kier alpha value is -1.97. The highest BCUT2D eigenvalue weighted by atomic mass is 16.5. The lowest BCUT2D eigenvalue weighted by atomic mass is 10.3.